The summed E-state index contributed by atoms with van der Waals surface area (Å²) >= 11 is 0. The first-order chi connectivity index (χ1) is 10.9. The lowest BCUT2D eigenvalue weighted by atomic mass is 10.0. The van der Waals surface area contributed by atoms with Gasteiger partial charge in [-0.25, -0.2) is 18.7 Å². The molecule has 1 unspecified atom stereocenters. The third-order valence-electron chi connectivity index (χ3n) is 3.93. The van der Waals surface area contributed by atoms with Crippen LogP contribution in [-0.2, 0) is 0 Å². The molecule has 1 atom stereocenters. The number of anilines is 1. The molecule has 6 nitrogen and oxygen atoms in total. The van der Waals surface area contributed by atoms with E-state index in [0.717, 1.165) is 0 Å². The van der Waals surface area contributed by atoms with Gasteiger partial charge in [-0.2, -0.15) is 0 Å². The molecule has 0 bridgehead atoms. The lowest BCUT2D eigenvalue weighted by Crippen LogP contribution is -2.52. The number of alkyl halides is 2. The molecule has 2 aromatic rings. The molecule has 23 heavy (non-hydrogen) atoms. The van der Waals surface area contributed by atoms with Crippen molar-refractivity contribution in [3.05, 3.63) is 18.5 Å². The molecule has 0 spiro atoms. The second-order valence-corrected chi connectivity index (χ2v) is 5.67. The topological polar surface area (TPSA) is 73.5 Å². The lowest BCUT2D eigenvalue weighted by molar-refractivity contribution is -0.134. The van der Waals surface area contributed by atoms with Gasteiger partial charge in [0.1, 0.15) is 23.6 Å². The summed E-state index contributed by atoms with van der Waals surface area (Å²) in [6.07, 6.45) is 0.300. The van der Waals surface area contributed by atoms with Gasteiger partial charge >= 0.3 is 0 Å². The lowest BCUT2D eigenvalue weighted by Gasteiger charge is -2.36. The highest BCUT2D eigenvalue weighted by Crippen LogP contribution is 2.37. The van der Waals surface area contributed by atoms with E-state index in [9.17, 15) is 8.78 Å². The van der Waals surface area contributed by atoms with Crippen molar-refractivity contribution in [1.82, 2.24) is 14.9 Å². The summed E-state index contributed by atoms with van der Waals surface area (Å²) < 4.78 is 39.3. The van der Waals surface area contributed by atoms with Gasteiger partial charge in [0.25, 0.3) is 5.92 Å². The second kappa shape index (κ2) is 5.77. The Morgan fingerprint density at radius 1 is 1.35 bits per heavy atom. The van der Waals surface area contributed by atoms with Gasteiger partial charge in [-0.1, -0.05) is 0 Å². The number of benzene rings is 1. The zero-order chi connectivity index (χ0) is 16.6. The number of hydrogen-bond acceptors (Lipinski definition) is 6. The quantitative estimate of drug-likeness (QED) is 0.930. The molecular weight excluding hydrogens is 306 g/mol. The Hall–Kier alpha value is -2.22. The number of hydrogen-bond donors (Lipinski definition) is 1. The number of ether oxygens (including phenoxy) is 2. The van der Waals surface area contributed by atoms with Gasteiger partial charge < -0.3 is 20.1 Å². The van der Waals surface area contributed by atoms with Crippen molar-refractivity contribution < 1.29 is 18.3 Å². The van der Waals surface area contributed by atoms with Crippen LogP contribution >= 0.6 is 0 Å². The van der Waals surface area contributed by atoms with Gasteiger partial charge in [0, 0.05) is 25.1 Å². The molecule has 3 rings (SSSR count). The van der Waals surface area contributed by atoms with E-state index >= 15 is 0 Å². The summed E-state index contributed by atoms with van der Waals surface area (Å²) in [6, 6.07) is 3.20. The zero-order valence-electron chi connectivity index (χ0n) is 12.9. The highest BCUT2D eigenvalue weighted by Gasteiger charge is 2.45. The molecule has 8 heteroatoms. The number of halogens is 2. The Morgan fingerprint density at radius 3 is 2.83 bits per heavy atom. The molecule has 1 aromatic carbocycles. The van der Waals surface area contributed by atoms with Crippen molar-refractivity contribution in [2.75, 3.05) is 33.0 Å². The highest BCUT2D eigenvalue weighted by atomic mass is 19.3. The van der Waals surface area contributed by atoms with Gasteiger partial charge in [-0.05, 0) is 7.05 Å². The average molecular weight is 324 g/mol. The summed E-state index contributed by atoms with van der Waals surface area (Å²) in [7, 11) is 3.15. The van der Waals surface area contributed by atoms with E-state index < -0.39 is 12.0 Å². The molecule has 0 saturated carbocycles. The number of fused-ring (bicyclic) bond motifs is 1. The summed E-state index contributed by atoms with van der Waals surface area (Å²) in [5.41, 5.74) is 6.36. The maximum absolute atomic E-state index is 14.2. The Morgan fingerprint density at radius 2 is 2.13 bits per heavy atom. The maximum atomic E-state index is 14.2. The van der Waals surface area contributed by atoms with Gasteiger partial charge in [0.2, 0.25) is 0 Å². The molecule has 1 aliphatic heterocycles. The van der Waals surface area contributed by atoms with Crippen LogP contribution in [0.4, 0.5) is 14.6 Å². The third kappa shape index (κ3) is 2.98. The van der Waals surface area contributed by atoms with Gasteiger partial charge in [0.15, 0.2) is 6.10 Å². The van der Waals surface area contributed by atoms with E-state index in [1.54, 1.807) is 18.0 Å². The smallest absolute Gasteiger partial charge is 0.296 e. The number of piperidine rings is 1. The Bertz CT molecular complexity index is 726. The van der Waals surface area contributed by atoms with Crippen molar-refractivity contribution in [2.45, 2.75) is 18.4 Å². The van der Waals surface area contributed by atoms with Crippen molar-refractivity contribution in [3.8, 4) is 11.5 Å². The van der Waals surface area contributed by atoms with Gasteiger partial charge in [-0.3, -0.25) is 0 Å². The standard InChI is InChI=1S/C15H18F2N4O2/c1-21-4-3-12(15(16,17)7-21)23-11-6-9(22-2)5-10-13(11)14(18)20-8-19-10/h5-6,8,12H,3-4,7H2,1-2H3,(H2,18,19,20). The molecule has 1 aliphatic rings. The van der Waals surface area contributed by atoms with E-state index in [4.69, 9.17) is 15.2 Å². The summed E-state index contributed by atoms with van der Waals surface area (Å²) in [4.78, 5) is 9.61. The summed E-state index contributed by atoms with van der Waals surface area (Å²) in [6.45, 7) is 0.194. The first-order valence-electron chi connectivity index (χ1n) is 7.22. The van der Waals surface area contributed by atoms with E-state index in [-0.39, 0.29) is 24.5 Å². The predicted octanol–water partition coefficient (Wildman–Crippen LogP) is 1.94. The van der Waals surface area contributed by atoms with Crippen LogP contribution in [0.3, 0.4) is 0 Å². The molecule has 0 radical (unpaired) electrons. The third-order valence-corrected chi connectivity index (χ3v) is 3.93. The second-order valence-electron chi connectivity index (χ2n) is 5.67. The number of nitrogens with two attached hydrogens (primary N) is 1. The summed E-state index contributed by atoms with van der Waals surface area (Å²) in [5, 5.41) is 0.419. The van der Waals surface area contributed by atoms with Crippen molar-refractivity contribution in [1.29, 1.82) is 0 Å². The number of rotatable bonds is 3. The van der Waals surface area contributed by atoms with Crippen LogP contribution in [0.5, 0.6) is 11.5 Å². The molecule has 2 N–H and O–H groups in total. The van der Waals surface area contributed by atoms with Gasteiger partial charge in [-0.15, -0.1) is 0 Å². The zero-order valence-corrected chi connectivity index (χ0v) is 12.9. The molecule has 0 amide bonds. The number of methoxy groups -OCH3 is 1. The Labute approximate surface area is 132 Å². The van der Waals surface area contributed by atoms with E-state index in [1.807, 2.05) is 0 Å². The van der Waals surface area contributed by atoms with Crippen LogP contribution in [0.25, 0.3) is 10.9 Å². The fraction of sp³-hybridized carbons (Fsp3) is 0.467. The first-order valence-corrected chi connectivity index (χ1v) is 7.22. The fourth-order valence-electron chi connectivity index (χ4n) is 2.75. The average Bonchev–Trinajstić information content (AvgIpc) is 2.49. The first kappa shape index (κ1) is 15.7. The minimum Gasteiger partial charge on any atom is -0.497 e. The molecule has 0 aliphatic carbocycles. The number of nitrogens with zero attached hydrogens (tertiary/aromatic N) is 3. The van der Waals surface area contributed by atoms with Crippen LogP contribution in [-0.4, -0.2) is 54.1 Å². The molecule has 1 fully saturated rings. The van der Waals surface area contributed by atoms with E-state index in [2.05, 4.69) is 9.97 Å². The van der Waals surface area contributed by atoms with Crippen molar-refractivity contribution in [2.24, 2.45) is 0 Å². The minimum absolute atomic E-state index is 0.184. The number of aromatic nitrogens is 2. The van der Waals surface area contributed by atoms with Crippen LogP contribution in [0, 0.1) is 0 Å². The highest BCUT2D eigenvalue weighted by molar-refractivity contribution is 5.94. The SMILES string of the molecule is COc1cc(OC2CCN(C)CC2(F)F)c2c(N)ncnc2c1. The number of likely N-dealkylation sites (tertiary alicyclic amines) is 1. The van der Waals surface area contributed by atoms with Crippen molar-refractivity contribution in [3.63, 3.8) is 0 Å². The molecule has 2 heterocycles. The molecular formula is C15H18F2N4O2. The monoisotopic (exact) mass is 324 g/mol. The normalized spacial score (nSPS) is 21.3. The number of nitrogen functional groups attached to an aromatic ring is 1. The van der Waals surface area contributed by atoms with Crippen molar-refractivity contribution >= 4 is 16.7 Å². The molecule has 1 aromatic heterocycles. The van der Waals surface area contributed by atoms with Crippen LogP contribution in [0.1, 0.15) is 6.42 Å². The van der Waals surface area contributed by atoms with E-state index in [0.29, 0.717) is 23.2 Å². The van der Waals surface area contributed by atoms with E-state index in [1.165, 1.54) is 19.5 Å². The summed E-state index contributed by atoms with van der Waals surface area (Å²) in [5.74, 6) is -2.09. The Kier molecular flexibility index (Phi) is 3.93. The largest absolute Gasteiger partial charge is 0.497 e. The predicted molar refractivity (Wildman–Crippen MR) is 82.0 cm³/mol. The van der Waals surface area contributed by atoms with Crippen LogP contribution in [0.15, 0.2) is 18.5 Å². The fourth-order valence-corrected chi connectivity index (χ4v) is 2.75. The van der Waals surface area contributed by atoms with Gasteiger partial charge in [0.05, 0.1) is 24.6 Å². The minimum atomic E-state index is -2.95. The molecule has 124 valence electrons. The van der Waals surface area contributed by atoms with Crippen LogP contribution in [0.2, 0.25) is 0 Å². The van der Waals surface area contributed by atoms with Crippen LogP contribution < -0.4 is 15.2 Å². The maximum Gasteiger partial charge on any atom is 0.296 e. The Balaban J connectivity index is 2.02. The molecule has 1 saturated heterocycles.